The monoisotopic (exact) mass is 281 g/mol. The van der Waals surface area contributed by atoms with Crippen LogP contribution in [0, 0.1) is 6.92 Å². The summed E-state index contributed by atoms with van der Waals surface area (Å²) < 4.78 is 5.38. The van der Waals surface area contributed by atoms with Crippen LogP contribution in [0.1, 0.15) is 11.5 Å². The number of urea groups is 1. The fraction of sp³-hybridized carbons (Fsp3) is 0.538. The van der Waals surface area contributed by atoms with E-state index in [0.29, 0.717) is 32.7 Å². The van der Waals surface area contributed by atoms with Gasteiger partial charge < -0.3 is 19.7 Å². The van der Waals surface area contributed by atoms with Crippen LogP contribution in [0.4, 0.5) is 4.79 Å². The van der Waals surface area contributed by atoms with Crippen LogP contribution >= 0.6 is 0 Å². The second-order valence-electron chi connectivity index (χ2n) is 4.83. The van der Waals surface area contributed by atoms with Gasteiger partial charge in [-0.2, -0.15) is 0 Å². The standard InChI is InChI=1S/C13H19N3O4/c1-10-2-3-11(20-10)8-14-13(19)16-6-4-15(5-7-16)9-12(17)18/h2-3H,4-9H2,1H3,(H,14,19)(H,17,18). The molecule has 7 heteroatoms. The number of amides is 2. The molecule has 20 heavy (non-hydrogen) atoms. The Bertz CT molecular complexity index is 478. The highest BCUT2D eigenvalue weighted by molar-refractivity contribution is 5.74. The van der Waals surface area contributed by atoms with E-state index in [0.717, 1.165) is 11.5 Å². The third kappa shape index (κ3) is 3.99. The SMILES string of the molecule is Cc1ccc(CNC(=O)N2CCN(CC(=O)O)CC2)o1. The van der Waals surface area contributed by atoms with Gasteiger partial charge in [-0.25, -0.2) is 4.79 Å². The molecule has 2 rings (SSSR count). The van der Waals surface area contributed by atoms with Crippen molar-refractivity contribution in [2.45, 2.75) is 13.5 Å². The first kappa shape index (κ1) is 14.4. The topological polar surface area (TPSA) is 86.0 Å². The number of furan rings is 1. The number of piperazine rings is 1. The average molecular weight is 281 g/mol. The highest BCUT2D eigenvalue weighted by Crippen LogP contribution is 2.06. The van der Waals surface area contributed by atoms with Gasteiger partial charge in [-0.15, -0.1) is 0 Å². The molecular weight excluding hydrogens is 262 g/mol. The first-order valence-electron chi connectivity index (χ1n) is 6.57. The molecule has 0 spiro atoms. The van der Waals surface area contributed by atoms with Gasteiger partial charge in [0.2, 0.25) is 0 Å². The molecule has 1 aromatic heterocycles. The average Bonchev–Trinajstić information content (AvgIpc) is 2.82. The van der Waals surface area contributed by atoms with E-state index in [1.54, 1.807) is 4.90 Å². The molecule has 2 amide bonds. The van der Waals surface area contributed by atoms with Crippen LogP contribution in [0.5, 0.6) is 0 Å². The van der Waals surface area contributed by atoms with E-state index in [-0.39, 0.29) is 12.6 Å². The number of carboxylic acid groups (broad SMARTS) is 1. The quantitative estimate of drug-likeness (QED) is 0.839. The number of hydrogen-bond donors (Lipinski definition) is 2. The number of aliphatic carboxylic acids is 1. The number of aryl methyl sites for hydroxylation is 1. The van der Waals surface area contributed by atoms with Gasteiger partial charge in [0.1, 0.15) is 11.5 Å². The first-order chi connectivity index (χ1) is 9.54. The van der Waals surface area contributed by atoms with Gasteiger partial charge in [0.25, 0.3) is 0 Å². The van der Waals surface area contributed by atoms with Crippen LogP contribution in [0.15, 0.2) is 16.5 Å². The number of rotatable bonds is 4. The molecule has 0 aliphatic carbocycles. The van der Waals surface area contributed by atoms with E-state index in [1.165, 1.54) is 0 Å². The molecule has 0 atom stereocenters. The van der Waals surface area contributed by atoms with Crippen LogP contribution in [0.2, 0.25) is 0 Å². The van der Waals surface area contributed by atoms with Crippen molar-refractivity contribution in [3.8, 4) is 0 Å². The first-order valence-corrected chi connectivity index (χ1v) is 6.57. The van der Waals surface area contributed by atoms with Crippen molar-refractivity contribution in [2.24, 2.45) is 0 Å². The Hall–Kier alpha value is -2.02. The molecule has 0 bridgehead atoms. The molecular formula is C13H19N3O4. The molecule has 1 aliphatic rings. The van der Waals surface area contributed by atoms with E-state index >= 15 is 0 Å². The van der Waals surface area contributed by atoms with Crippen molar-refractivity contribution in [2.75, 3.05) is 32.7 Å². The summed E-state index contributed by atoms with van der Waals surface area (Å²) >= 11 is 0. The van der Waals surface area contributed by atoms with Crippen molar-refractivity contribution in [3.63, 3.8) is 0 Å². The number of nitrogens with zero attached hydrogens (tertiary/aromatic N) is 2. The molecule has 1 saturated heterocycles. The summed E-state index contributed by atoms with van der Waals surface area (Å²) in [4.78, 5) is 26.1. The Labute approximate surface area is 117 Å². The molecule has 1 aromatic rings. The van der Waals surface area contributed by atoms with E-state index < -0.39 is 5.97 Å². The summed E-state index contributed by atoms with van der Waals surface area (Å²) in [6.07, 6.45) is 0. The van der Waals surface area contributed by atoms with Crippen molar-refractivity contribution >= 4 is 12.0 Å². The Balaban J connectivity index is 1.73. The zero-order valence-electron chi connectivity index (χ0n) is 11.5. The van der Waals surface area contributed by atoms with Crippen LogP contribution in [0.25, 0.3) is 0 Å². The number of carbonyl (C=O) groups excluding carboxylic acids is 1. The molecule has 1 fully saturated rings. The lowest BCUT2D eigenvalue weighted by atomic mass is 10.3. The van der Waals surface area contributed by atoms with Crippen molar-refractivity contribution in [1.29, 1.82) is 0 Å². The minimum atomic E-state index is -0.837. The van der Waals surface area contributed by atoms with Gasteiger partial charge in [-0.3, -0.25) is 9.69 Å². The summed E-state index contributed by atoms with van der Waals surface area (Å²) in [6.45, 7) is 4.49. The molecule has 0 saturated carbocycles. The maximum Gasteiger partial charge on any atom is 0.317 e. The predicted octanol–water partition coefficient (Wildman–Crippen LogP) is 0.500. The lowest BCUT2D eigenvalue weighted by Gasteiger charge is -2.33. The molecule has 7 nitrogen and oxygen atoms in total. The molecule has 0 aromatic carbocycles. The highest BCUT2D eigenvalue weighted by atomic mass is 16.4. The van der Waals surface area contributed by atoms with Gasteiger partial charge in [-0.1, -0.05) is 0 Å². The second-order valence-corrected chi connectivity index (χ2v) is 4.83. The summed E-state index contributed by atoms with van der Waals surface area (Å²) in [5, 5.41) is 11.5. The van der Waals surface area contributed by atoms with Gasteiger partial charge >= 0.3 is 12.0 Å². The van der Waals surface area contributed by atoms with Crippen molar-refractivity contribution in [3.05, 3.63) is 23.7 Å². The van der Waals surface area contributed by atoms with E-state index in [1.807, 2.05) is 24.0 Å². The second kappa shape index (κ2) is 6.42. The molecule has 0 radical (unpaired) electrons. The third-order valence-corrected chi connectivity index (χ3v) is 3.23. The molecule has 110 valence electrons. The number of carboxylic acids is 1. The zero-order valence-corrected chi connectivity index (χ0v) is 11.5. The zero-order chi connectivity index (χ0) is 14.5. The molecule has 1 aliphatic heterocycles. The minimum Gasteiger partial charge on any atom is -0.480 e. The lowest BCUT2D eigenvalue weighted by molar-refractivity contribution is -0.138. The van der Waals surface area contributed by atoms with Gasteiger partial charge in [0, 0.05) is 26.2 Å². The smallest absolute Gasteiger partial charge is 0.317 e. The molecule has 2 heterocycles. The lowest BCUT2D eigenvalue weighted by Crippen LogP contribution is -2.52. The summed E-state index contributed by atoms with van der Waals surface area (Å²) in [6, 6.07) is 3.54. The number of hydrogen-bond acceptors (Lipinski definition) is 4. The fourth-order valence-electron chi connectivity index (χ4n) is 2.16. The fourth-order valence-corrected chi connectivity index (χ4v) is 2.16. The largest absolute Gasteiger partial charge is 0.480 e. The molecule has 0 unspecified atom stereocenters. The third-order valence-electron chi connectivity index (χ3n) is 3.23. The van der Waals surface area contributed by atoms with E-state index in [2.05, 4.69) is 5.32 Å². The van der Waals surface area contributed by atoms with E-state index in [4.69, 9.17) is 9.52 Å². The minimum absolute atomic E-state index is 0.0289. The maximum absolute atomic E-state index is 11.9. The summed E-state index contributed by atoms with van der Waals surface area (Å²) in [5.41, 5.74) is 0. The van der Waals surface area contributed by atoms with Gasteiger partial charge in [-0.05, 0) is 19.1 Å². The van der Waals surface area contributed by atoms with Crippen LogP contribution in [0.3, 0.4) is 0 Å². The van der Waals surface area contributed by atoms with E-state index in [9.17, 15) is 9.59 Å². The van der Waals surface area contributed by atoms with Crippen molar-refractivity contribution in [1.82, 2.24) is 15.1 Å². The molecule has 2 N–H and O–H groups in total. The number of nitrogens with one attached hydrogen (secondary N) is 1. The maximum atomic E-state index is 11.9. The Morgan fingerprint density at radius 3 is 2.55 bits per heavy atom. The van der Waals surface area contributed by atoms with Gasteiger partial charge in [0.05, 0.1) is 13.1 Å². The highest BCUT2D eigenvalue weighted by Gasteiger charge is 2.22. The van der Waals surface area contributed by atoms with Crippen molar-refractivity contribution < 1.29 is 19.1 Å². The predicted molar refractivity (Wildman–Crippen MR) is 71.3 cm³/mol. The summed E-state index contributed by atoms with van der Waals surface area (Å²) in [5.74, 6) is 0.702. The van der Waals surface area contributed by atoms with Gasteiger partial charge in [0.15, 0.2) is 0 Å². The van der Waals surface area contributed by atoms with Crippen LogP contribution in [-0.4, -0.2) is 59.6 Å². The van der Waals surface area contributed by atoms with Crippen LogP contribution < -0.4 is 5.32 Å². The Kier molecular flexibility index (Phi) is 4.62. The Morgan fingerprint density at radius 2 is 2.00 bits per heavy atom. The summed E-state index contributed by atoms with van der Waals surface area (Å²) in [7, 11) is 0. The number of carbonyl (C=O) groups is 2. The normalized spacial score (nSPS) is 16.1. The van der Waals surface area contributed by atoms with Crippen LogP contribution in [-0.2, 0) is 11.3 Å². The Morgan fingerprint density at radius 1 is 1.30 bits per heavy atom.